The summed E-state index contributed by atoms with van der Waals surface area (Å²) in [7, 11) is 4.74. The van der Waals surface area contributed by atoms with Crippen LogP contribution in [0, 0.1) is 0 Å². The maximum atomic E-state index is 12.2. The summed E-state index contributed by atoms with van der Waals surface area (Å²) < 4.78 is 16.0. The minimum Gasteiger partial charge on any atom is -0.493 e. The van der Waals surface area contributed by atoms with Crippen LogP contribution in [0.1, 0.15) is 37.7 Å². The van der Waals surface area contributed by atoms with Crippen LogP contribution in [0.15, 0.2) is 12.1 Å². The highest BCUT2D eigenvalue weighted by Crippen LogP contribution is 2.38. The Labute approximate surface area is 143 Å². The Morgan fingerprint density at radius 2 is 1.67 bits per heavy atom. The highest BCUT2D eigenvalue weighted by atomic mass is 16.5. The van der Waals surface area contributed by atoms with E-state index in [9.17, 15) is 4.79 Å². The van der Waals surface area contributed by atoms with Crippen LogP contribution in [0.25, 0.3) is 0 Å². The topological polar surface area (TPSA) is 82.8 Å². The summed E-state index contributed by atoms with van der Waals surface area (Å²) in [5.74, 6) is 1.85. The molecule has 1 aliphatic rings. The SMILES string of the molecule is COc1cc(CCC(=O)NC2CCC(N)CC2)cc(OC)c1OC. The third-order valence-electron chi connectivity index (χ3n) is 4.50. The largest absolute Gasteiger partial charge is 0.493 e. The summed E-state index contributed by atoms with van der Waals surface area (Å²) in [5.41, 5.74) is 6.87. The first-order valence-electron chi connectivity index (χ1n) is 8.41. The number of carbonyl (C=O) groups excluding carboxylic acids is 1. The van der Waals surface area contributed by atoms with Gasteiger partial charge in [-0.3, -0.25) is 4.79 Å². The first-order chi connectivity index (χ1) is 11.6. The van der Waals surface area contributed by atoms with E-state index < -0.39 is 0 Å². The number of rotatable bonds is 7. The Hall–Kier alpha value is -1.95. The van der Waals surface area contributed by atoms with Crippen LogP contribution in [-0.4, -0.2) is 39.3 Å². The number of amides is 1. The molecule has 0 aromatic heterocycles. The highest BCUT2D eigenvalue weighted by Gasteiger charge is 2.20. The highest BCUT2D eigenvalue weighted by molar-refractivity contribution is 5.76. The van der Waals surface area contributed by atoms with Gasteiger partial charge in [0.25, 0.3) is 0 Å². The van der Waals surface area contributed by atoms with E-state index in [1.807, 2.05) is 12.1 Å². The number of hydrogen-bond acceptors (Lipinski definition) is 5. The molecular formula is C18H28N2O4. The van der Waals surface area contributed by atoms with E-state index in [-0.39, 0.29) is 18.0 Å². The molecule has 134 valence electrons. The van der Waals surface area contributed by atoms with Gasteiger partial charge in [-0.2, -0.15) is 0 Å². The van der Waals surface area contributed by atoms with Crippen LogP contribution in [-0.2, 0) is 11.2 Å². The van der Waals surface area contributed by atoms with E-state index in [1.165, 1.54) is 0 Å². The summed E-state index contributed by atoms with van der Waals surface area (Å²) in [6.45, 7) is 0. The van der Waals surface area contributed by atoms with Crippen molar-refractivity contribution in [1.29, 1.82) is 0 Å². The molecule has 6 heteroatoms. The van der Waals surface area contributed by atoms with Crippen molar-refractivity contribution < 1.29 is 19.0 Å². The van der Waals surface area contributed by atoms with Crippen LogP contribution in [0.5, 0.6) is 17.2 Å². The van der Waals surface area contributed by atoms with Crippen molar-refractivity contribution in [1.82, 2.24) is 5.32 Å². The minimum absolute atomic E-state index is 0.0734. The summed E-state index contributed by atoms with van der Waals surface area (Å²) in [6.07, 6.45) is 4.96. The Bertz CT molecular complexity index is 529. The summed E-state index contributed by atoms with van der Waals surface area (Å²) >= 11 is 0. The molecular weight excluding hydrogens is 308 g/mol. The van der Waals surface area contributed by atoms with Crippen molar-refractivity contribution in [3.63, 3.8) is 0 Å². The fraction of sp³-hybridized carbons (Fsp3) is 0.611. The molecule has 24 heavy (non-hydrogen) atoms. The third kappa shape index (κ3) is 4.77. The minimum atomic E-state index is 0.0734. The van der Waals surface area contributed by atoms with Gasteiger partial charge in [-0.15, -0.1) is 0 Å². The van der Waals surface area contributed by atoms with Crippen LogP contribution < -0.4 is 25.3 Å². The predicted molar refractivity (Wildman–Crippen MR) is 92.8 cm³/mol. The van der Waals surface area contributed by atoms with E-state index in [4.69, 9.17) is 19.9 Å². The second-order valence-corrected chi connectivity index (χ2v) is 6.21. The number of nitrogens with one attached hydrogen (secondary N) is 1. The van der Waals surface area contributed by atoms with Gasteiger partial charge >= 0.3 is 0 Å². The first-order valence-corrected chi connectivity index (χ1v) is 8.41. The Morgan fingerprint density at radius 1 is 1.08 bits per heavy atom. The van der Waals surface area contributed by atoms with Crippen molar-refractivity contribution in [3.8, 4) is 17.2 Å². The first kappa shape index (κ1) is 18.4. The quantitative estimate of drug-likeness (QED) is 0.796. The smallest absolute Gasteiger partial charge is 0.220 e. The zero-order valence-corrected chi connectivity index (χ0v) is 14.8. The van der Waals surface area contributed by atoms with Gasteiger partial charge in [0.2, 0.25) is 11.7 Å². The summed E-state index contributed by atoms with van der Waals surface area (Å²) in [5, 5.41) is 3.11. The fourth-order valence-electron chi connectivity index (χ4n) is 3.10. The van der Waals surface area contributed by atoms with Gasteiger partial charge < -0.3 is 25.3 Å². The molecule has 0 saturated heterocycles. The standard InChI is InChI=1S/C18H28N2O4/c1-22-15-10-12(11-16(23-2)18(15)24-3)4-9-17(21)20-14-7-5-13(19)6-8-14/h10-11,13-14H,4-9,19H2,1-3H3,(H,20,21). The van der Waals surface area contributed by atoms with E-state index in [2.05, 4.69) is 5.32 Å². The molecule has 1 aliphatic carbocycles. The number of benzene rings is 1. The number of aryl methyl sites for hydroxylation is 1. The molecule has 1 amide bonds. The number of hydrogen-bond donors (Lipinski definition) is 2. The maximum absolute atomic E-state index is 12.2. The second kappa shape index (κ2) is 8.78. The molecule has 0 heterocycles. The number of methoxy groups -OCH3 is 3. The zero-order valence-electron chi connectivity index (χ0n) is 14.8. The Kier molecular flexibility index (Phi) is 6.73. The number of ether oxygens (including phenoxy) is 3. The normalized spacial score (nSPS) is 20.3. The Balaban J connectivity index is 1.92. The lowest BCUT2D eigenvalue weighted by atomic mass is 9.91. The fourth-order valence-corrected chi connectivity index (χ4v) is 3.10. The van der Waals surface area contributed by atoms with Gasteiger partial charge in [0.05, 0.1) is 21.3 Å². The van der Waals surface area contributed by atoms with E-state index in [1.54, 1.807) is 21.3 Å². The van der Waals surface area contributed by atoms with E-state index in [0.29, 0.717) is 30.1 Å². The lowest BCUT2D eigenvalue weighted by Crippen LogP contribution is -2.40. The third-order valence-corrected chi connectivity index (χ3v) is 4.50. The van der Waals surface area contributed by atoms with Gasteiger partial charge in [0.1, 0.15) is 0 Å². The van der Waals surface area contributed by atoms with Gasteiger partial charge in [0, 0.05) is 18.5 Å². The van der Waals surface area contributed by atoms with Crippen LogP contribution in [0.2, 0.25) is 0 Å². The summed E-state index contributed by atoms with van der Waals surface area (Å²) in [4.78, 5) is 12.2. The lowest BCUT2D eigenvalue weighted by molar-refractivity contribution is -0.122. The molecule has 0 spiro atoms. The maximum Gasteiger partial charge on any atom is 0.220 e. The molecule has 0 unspecified atom stereocenters. The molecule has 1 saturated carbocycles. The monoisotopic (exact) mass is 336 g/mol. The average molecular weight is 336 g/mol. The molecule has 0 atom stereocenters. The Morgan fingerprint density at radius 3 is 2.17 bits per heavy atom. The molecule has 1 fully saturated rings. The molecule has 1 aromatic carbocycles. The van der Waals surface area contributed by atoms with Crippen LogP contribution >= 0.6 is 0 Å². The lowest BCUT2D eigenvalue weighted by Gasteiger charge is -2.26. The van der Waals surface area contributed by atoms with Crippen LogP contribution in [0.4, 0.5) is 0 Å². The van der Waals surface area contributed by atoms with Gasteiger partial charge in [0.15, 0.2) is 11.5 Å². The molecule has 6 nitrogen and oxygen atoms in total. The number of carbonyl (C=O) groups is 1. The van der Waals surface area contributed by atoms with Crippen molar-refractivity contribution in [3.05, 3.63) is 17.7 Å². The summed E-state index contributed by atoms with van der Waals surface area (Å²) in [6, 6.07) is 4.32. The molecule has 0 radical (unpaired) electrons. The average Bonchev–Trinajstić information content (AvgIpc) is 2.60. The molecule has 2 rings (SSSR count). The van der Waals surface area contributed by atoms with E-state index in [0.717, 1.165) is 31.2 Å². The van der Waals surface area contributed by atoms with Crippen molar-refractivity contribution in [2.45, 2.75) is 50.6 Å². The predicted octanol–water partition coefficient (Wildman–Crippen LogP) is 2.03. The van der Waals surface area contributed by atoms with Gasteiger partial charge in [-0.1, -0.05) is 0 Å². The van der Waals surface area contributed by atoms with Crippen molar-refractivity contribution in [2.24, 2.45) is 5.73 Å². The van der Waals surface area contributed by atoms with Crippen molar-refractivity contribution >= 4 is 5.91 Å². The molecule has 1 aromatic rings. The van der Waals surface area contributed by atoms with Crippen molar-refractivity contribution in [2.75, 3.05) is 21.3 Å². The second-order valence-electron chi connectivity index (χ2n) is 6.21. The van der Waals surface area contributed by atoms with Gasteiger partial charge in [-0.25, -0.2) is 0 Å². The molecule has 0 bridgehead atoms. The van der Waals surface area contributed by atoms with Crippen LogP contribution in [0.3, 0.4) is 0 Å². The molecule has 0 aliphatic heterocycles. The zero-order chi connectivity index (χ0) is 17.5. The van der Waals surface area contributed by atoms with E-state index >= 15 is 0 Å². The molecule has 3 N–H and O–H groups in total. The van der Waals surface area contributed by atoms with Gasteiger partial charge in [-0.05, 0) is 49.8 Å². The number of nitrogens with two attached hydrogens (primary N) is 1.